The Morgan fingerprint density at radius 1 is 1.24 bits per heavy atom. The van der Waals surface area contributed by atoms with Crippen LogP contribution in [0.2, 0.25) is 0 Å². The van der Waals surface area contributed by atoms with Gasteiger partial charge in [-0.1, -0.05) is 28.8 Å². The van der Waals surface area contributed by atoms with Crippen molar-refractivity contribution in [3.05, 3.63) is 0 Å². The lowest BCUT2D eigenvalue weighted by Gasteiger charge is -2.44. The van der Waals surface area contributed by atoms with Crippen molar-refractivity contribution in [3.63, 3.8) is 0 Å². The van der Waals surface area contributed by atoms with Crippen LogP contribution in [0.4, 0.5) is 0 Å². The van der Waals surface area contributed by atoms with Crippen molar-refractivity contribution in [2.24, 2.45) is 23.2 Å². The number of hydrogen-bond acceptors (Lipinski definition) is 1. The summed E-state index contributed by atoms with van der Waals surface area (Å²) >= 11 is 3.73. The molecule has 2 heteroatoms. The van der Waals surface area contributed by atoms with Gasteiger partial charge in [0.1, 0.15) is 0 Å². The van der Waals surface area contributed by atoms with Crippen LogP contribution in [-0.4, -0.2) is 30.4 Å². The van der Waals surface area contributed by atoms with E-state index in [2.05, 4.69) is 27.9 Å². The number of hydrogen-bond donors (Lipinski definition) is 0. The van der Waals surface area contributed by atoms with Crippen molar-refractivity contribution in [3.8, 4) is 0 Å². The Balaban J connectivity index is 1.48. The fourth-order valence-corrected chi connectivity index (χ4v) is 5.39. The zero-order valence-electron chi connectivity index (χ0n) is 11.1. The molecule has 3 aliphatic rings. The first-order chi connectivity index (χ1) is 8.21. The van der Waals surface area contributed by atoms with E-state index in [4.69, 9.17) is 0 Å². The van der Waals surface area contributed by atoms with Crippen molar-refractivity contribution in [1.29, 1.82) is 0 Å². The van der Waals surface area contributed by atoms with Crippen molar-refractivity contribution >= 4 is 15.9 Å². The van der Waals surface area contributed by atoms with Crippen LogP contribution in [-0.2, 0) is 0 Å². The summed E-state index contributed by atoms with van der Waals surface area (Å²) in [6, 6.07) is 0. The lowest BCUT2D eigenvalue weighted by molar-refractivity contribution is 0.0898. The molecule has 98 valence electrons. The van der Waals surface area contributed by atoms with Gasteiger partial charge in [0.05, 0.1) is 0 Å². The van der Waals surface area contributed by atoms with Gasteiger partial charge in [0, 0.05) is 18.4 Å². The number of nitrogens with zero attached hydrogens (tertiary/aromatic N) is 1. The summed E-state index contributed by atoms with van der Waals surface area (Å²) in [5.41, 5.74) is 0.631. The molecule has 0 spiro atoms. The molecule has 3 fully saturated rings. The van der Waals surface area contributed by atoms with E-state index in [-0.39, 0.29) is 0 Å². The average Bonchev–Trinajstić information content (AvgIpc) is 2.85. The normalized spacial score (nSPS) is 38.6. The SMILES string of the molecule is CN(CC1CC2CCC1C2)CC1(CBr)CCC1. The van der Waals surface area contributed by atoms with E-state index in [9.17, 15) is 0 Å². The first-order valence-corrected chi connectivity index (χ1v) is 8.57. The minimum atomic E-state index is 0.631. The minimum Gasteiger partial charge on any atom is -0.306 e. The Bertz CT molecular complexity index is 269. The summed E-state index contributed by atoms with van der Waals surface area (Å²) in [6.45, 7) is 2.70. The lowest BCUT2D eigenvalue weighted by Crippen LogP contribution is -2.43. The molecule has 0 aromatic heterocycles. The van der Waals surface area contributed by atoms with Gasteiger partial charge in [-0.15, -0.1) is 0 Å². The molecule has 3 atom stereocenters. The highest BCUT2D eigenvalue weighted by Crippen LogP contribution is 2.49. The predicted molar refractivity (Wildman–Crippen MR) is 76.5 cm³/mol. The van der Waals surface area contributed by atoms with Crippen LogP contribution in [0.15, 0.2) is 0 Å². The van der Waals surface area contributed by atoms with E-state index in [1.165, 1.54) is 56.9 Å². The highest BCUT2D eigenvalue weighted by Gasteiger charge is 2.41. The molecular formula is C15H26BrN. The maximum Gasteiger partial charge on any atom is 0.0100 e. The van der Waals surface area contributed by atoms with Gasteiger partial charge in [0.25, 0.3) is 0 Å². The molecular weight excluding hydrogens is 274 g/mol. The van der Waals surface area contributed by atoms with E-state index in [1.807, 2.05) is 0 Å². The third-order valence-electron chi connectivity index (χ3n) is 5.73. The van der Waals surface area contributed by atoms with E-state index in [1.54, 1.807) is 6.42 Å². The van der Waals surface area contributed by atoms with Gasteiger partial charge in [-0.3, -0.25) is 0 Å². The second-order valence-electron chi connectivity index (χ2n) is 7.12. The van der Waals surface area contributed by atoms with Crippen LogP contribution in [0.25, 0.3) is 0 Å². The smallest absolute Gasteiger partial charge is 0.0100 e. The Kier molecular flexibility index (Phi) is 3.56. The molecule has 0 N–H and O–H groups in total. The topological polar surface area (TPSA) is 3.24 Å². The molecule has 0 aromatic rings. The standard InChI is InChI=1S/C15H26BrN/c1-17(11-15(10-16)5-2-6-15)9-14-8-12-3-4-13(14)7-12/h12-14H,2-11H2,1H3. The van der Waals surface area contributed by atoms with Gasteiger partial charge in [0.15, 0.2) is 0 Å². The van der Waals surface area contributed by atoms with Gasteiger partial charge in [-0.05, 0) is 62.3 Å². The number of rotatable bonds is 5. The third kappa shape index (κ3) is 2.45. The van der Waals surface area contributed by atoms with Crippen molar-refractivity contribution in [2.45, 2.75) is 44.9 Å². The fraction of sp³-hybridized carbons (Fsp3) is 1.00. The minimum absolute atomic E-state index is 0.631. The summed E-state index contributed by atoms with van der Waals surface area (Å²) in [5, 5.41) is 1.21. The van der Waals surface area contributed by atoms with Crippen molar-refractivity contribution < 1.29 is 0 Å². The largest absolute Gasteiger partial charge is 0.306 e. The quantitative estimate of drug-likeness (QED) is 0.696. The summed E-state index contributed by atoms with van der Waals surface area (Å²) in [6.07, 6.45) is 10.5. The first kappa shape index (κ1) is 12.5. The predicted octanol–water partition coefficient (Wildman–Crippen LogP) is 3.92. The van der Waals surface area contributed by atoms with Crippen molar-refractivity contribution in [2.75, 3.05) is 25.5 Å². The Morgan fingerprint density at radius 2 is 2.06 bits per heavy atom. The van der Waals surface area contributed by atoms with Gasteiger partial charge in [-0.2, -0.15) is 0 Å². The fourth-order valence-electron chi connectivity index (χ4n) is 4.65. The first-order valence-electron chi connectivity index (χ1n) is 7.45. The van der Waals surface area contributed by atoms with Crippen LogP contribution in [0.1, 0.15) is 44.9 Å². The maximum absolute atomic E-state index is 3.73. The van der Waals surface area contributed by atoms with Crippen LogP contribution in [0.5, 0.6) is 0 Å². The molecule has 3 aliphatic carbocycles. The Hall–Kier alpha value is 0.440. The molecule has 2 bridgehead atoms. The molecule has 3 saturated carbocycles. The lowest BCUT2D eigenvalue weighted by atomic mass is 9.70. The summed E-state index contributed by atoms with van der Waals surface area (Å²) in [4.78, 5) is 2.64. The number of fused-ring (bicyclic) bond motifs is 2. The molecule has 0 saturated heterocycles. The highest BCUT2D eigenvalue weighted by molar-refractivity contribution is 9.09. The summed E-state index contributed by atoms with van der Waals surface area (Å²) in [5.74, 6) is 3.22. The average molecular weight is 300 g/mol. The summed E-state index contributed by atoms with van der Waals surface area (Å²) in [7, 11) is 2.36. The Morgan fingerprint density at radius 3 is 2.53 bits per heavy atom. The van der Waals surface area contributed by atoms with Crippen molar-refractivity contribution in [1.82, 2.24) is 4.90 Å². The molecule has 3 unspecified atom stereocenters. The molecule has 0 aromatic carbocycles. The molecule has 1 nitrogen and oxygen atoms in total. The molecule has 0 amide bonds. The monoisotopic (exact) mass is 299 g/mol. The van der Waals surface area contributed by atoms with Gasteiger partial charge >= 0.3 is 0 Å². The van der Waals surface area contributed by atoms with Crippen LogP contribution < -0.4 is 0 Å². The van der Waals surface area contributed by atoms with Gasteiger partial charge in [0.2, 0.25) is 0 Å². The maximum atomic E-state index is 3.73. The second kappa shape index (κ2) is 4.85. The molecule has 3 rings (SSSR count). The van der Waals surface area contributed by atoms with Crippen LogP contribution >= 0.6 is 15.9 Å². The van der Waals surface area contributed by atoms with E-state index in [0.717, 1.165) is 17.8 Å². The molecule has 17 heavy (non-hydrogen) atoms. The van der Waals surface area contributed by atoms with Crippen LogP contribution in [0, 0.1) is 23.2 Å². The van der Waals surface area contributed by atoms with Gasteiger partial charge < -0.3 is 4.90 Å². The highest BCUT2D eigenvalue weighted by atomic mass is 79.9. The molecule has 0 radical (unpaired) electrons. The van der Waals surface area contributed by atoms with E-state index in [0.29, 0.717) is 5.41 Å². The van der Waals surface area contributed by atoms with Crippen LogP contribution in [0.3, 0.4) is 0 Å². The van der Waals surface area contributed by atoms with E-state index < -0.39 is 0 Å². The second-order valence-corrected chi connectivity index (χ2v) is 7.68. The van der Waals surface area contributed by atoms with Gasteiger partial charge in [-0.25, -0.2) is 0 Å². The third-order valence-corrected chi connectivity index (χ3v) is 6.92. The number of halogens is 1. The zero-order valence-corrected chi connectivity index (χ0v) is 12.7. The Labute approximate surface area is 114 Å². The number of alkyl halides is 1. The van der Waals surface area contributed by atoms with E-state index >= 15 is 0 Å². The molecule has 0 aliphatic heterocycles. The summed E-state index contributed by atoms with van der Waals surface area (Å²) < 4.78 is 0. The molecule has 0 heterocycles. The zero-order chi connectivity index (χ0) is 11.9.